The summed E-state index contributed by atoms with van der Waals surface area (Å²) in [6.07, 6.45) is 0.683. The first-order chi connectivity index (χ1) is 17.1. The van der Waals surface area contributed by atoms with E-state index in [9.17, 15) is 18.3 Å². The number of sulfonamides is 1. The summed E-state index contributed by atoms with van der Waals surface area (Å²) < 4.78 is 43.8. The van der Waals surface area contributed by atoms with Gasteiger partial charge >= 0.3 is 0 Å². The predicted octanol–water partition coefficient (Wildman–Crippen LogP) is 2.14. The Hall–Kier alpha value is -3.02. The Labute approximate surface area is 211 Å². The first kappa shape index (κ1) is 26.1. The number of likely N-dealkylation sites (N-methyl/N-ethyl adjacent to an activating group) is 1. The monoisotopic (exact) mass is 519 g/mol. The number of fused-ring (bicyclic) bond motifs is 2. The third kappa shape index (κ3) is 5.85. The minimum Gasteiger partial charge on any atom is -0.486 e. The van der Waals surface area contributed by atoms with Crippen molar-refractivity contribution in [2.24, 2.45) is 5.92 Å². The summed E-state index contributed by atoms with van der Waals surface area (Å²) in [4.78, 5) is 17.2. The summed E-state index contributed by atoms with van der Waals surface area (Å²) in [6, 6.07) is 10.2. The summed E-state index contributed by atoms with van der Waals surface area (Å²) in [5.74, 6) is 1.21. The van der Waals surface area contributed by atoms with Crippen molar-refractivity contribution in [3.63, 3.8) is 0 Å². The van der Waals surface area contributed by atoms with Crippen molar-refractivity contribution in [2.75, 3.05) is 44.5 Å². The van der Waals surface area contributed by atoms with Crippen molar-refractivity contribution in [1.29, 1.82) is 0 Å². The van der Waals surface area contributed by atoms with Gasteiger partial charge in [-0.25, -0.2) is 8.42 Å². The Kier molecular flexibility index (Phi) is 7.62. The number of hydrogen-bond donors (Lipinski definition) is 2. The van der Waals surface area contributed by atoms with E-state index in [0.717, 1.165) is 17.6 Å². The largest absolute Gasteiger partial charge is 0.486 e. The number of hydrogen-bond acceptors (Lipinski definition) is 8. The molecule has 2 aromatic carbocycles. The maximum absolute atomic E-state index is 13.4. The number of ether oxygens (including phenoxy) is 3. The van der Waals surface area contributed by atoms with E-state index in [1.54, 1.807) is 30.0 Å². The third-order valence-corrected chi connectivity index (χ3v) is 6.96. The van der Waals surface area contributed by atoms with Crippen LogP contribution in [0.2, 0.25) is 0 Å². The normalized spacial score (nSPS) is 20.4. The quantitative estimate of drug-likeness (QED) is 0.545. The Morgan fingerprint density at radius 1 is 1.22 bits per heavy atom. The number of benzene rings is 2. The van der Waals surface area contributed by atoms with E-state index in [1.807, 2.05) is 32.2 Å². The third-order valence-electron chi connectivity index (χ3n) is 6.37. The lowest BCUT2D eigenvalue weighted by Gasteiger charge is -2.38. The summed E-state index contributed by atoms with van der Waals surface area (Å²) in [7, 11) is -1.64. The molecule has 0 saturated carbocycles. The molecule has 0 aromatic heterocycles. The minimum atomic E-state index is -3.61. The Morgan fingerprint density at radius 3 is 2.69 bits per heavy atom. The summed E-state index contributed by atoms with van der Waals surface area (Å²) in [6.45, 7) is 5.31. The molecule has 2 aliphatic heterocycles. The molecule has 36 heavy (non-hydrogen) atoms. The van der Waals surface area contributed by atoms with Crippen LogP contribution in [0.25, 0.3) is 0 Å². The van der Waals surface area contributed by atoms with Crippen molar-refractivity contribution < 1.29 is 32.5 Å². The molecule has 1 amide bonds. The van der Waals surface area contributed by atoms with Gasteiger partial charge in [-0.2, -0.15) is 0 Å². The van der Waals surface area contributed by atoms with Crippen LogP contribution >= 0.6 is 0 Å². The molecule has 10 nitrogen and oxygen atoms in total. The van der Waals surface area contributed by atoms with Crippen LogP contribution in [0, 0.1) is 5.92 Å². The molecule has 0 bridgehead atoms. The van der Waals surface area contributed by atoms with Gasteiger partial charge in [0, 0.05) is 25.6 Å². The number of aliphatic hydroxyl groups excluding tert-OH is 1. The fourth-order valence-electron chi connectivity index (χ4n) is 4.46. The number of para-hydroxylation sites is 1. The van der Waals surface area contributed by atoms with Crippen LogP contribution in [-0.4, -0.2) is 81.2 Å². The van der Waals surface area contributed by atoms with Crippen LogP contribution in [0.15, 0.2) is 36.4 Å². The topological polar surface area (TPSA) is 118 Å². The van der Waals surface area contributed by atoms with E-state index >= 15 is 0 Å². The fourth-order valence-corrected chi connectivity index (χ4v) is 5.02. The smallest absolute Gasteiger partial charge is 0.258 e. The van der Waals surface area contributed by atoms with Crippen molar-refractivity contribution in [3.05, 3.63) is 47.5 Å². The molecule has 2 aromatic rings. The molecule has 0 saturated heterocycles. The van der Waals surface area contributed by atoms with Crippen LogP contribution < -0.4 is 18.9 Å². The van der Waals surface area contributed by atoms with E-state index in [0.29, 0.717) is 25.4 Å². The average Bonchev–Trinajstić information content (AvgIpc) is 3.28. The van der Waals surface area contributed by atoms with Gasteiger partial charge in [0.25, 0.3) is 5.91 Å². The molecule has 196 valence electrons. The molecular formula is C25H33N3O7S. The highest BCUT2D eigenvalue weighted by atomic mass is 32.2. The van der Waals surface area contributed by atoms with Gasteiger partial charge in [-0.1, -0.05) is 19.1 Å². The minimum absolute atomic E-state index is 0.110. The first-order valence-corrected chi connectivity index (χ1v) is 13.7. The molecule has 4 rings (SSSR count). The van der Waals surface area contributed by atoms with Gasteiger partial charge in [0.2, 0.25) is 16.8 Å². The van der Waals surface area contributed by atoms with E-state index in [-0.39, 0.29) is 48.3 Å². The molecule has 0 aliphatic carbocycles. The number of carbonyl (C=O) groups is 1. The molecule has 11 heteroatoms. The molecule has 0 spiro atoms. The average molecular weight is 520 g/mol. The van der Waals surface area contributed by atoms with Gasteiger partial charge in [0.1, 0.15) is 6.10 Å². The number of anilines is 1. The highest BCUT2D eigenvalue weighted by Crippen LogP contribution is 2.36. The molecule has 0 fully saturated rings. The maximum Gasteiger partial charge on any atom is 0.258 e. The van der Waals surface area contributed by atoms with Crippen molar-refractivity contribution in [2.45, 2.75) is 32.5 Å². The number of aliphatic hydroxyl groups is 1. The highest BCUT2D eigenvalue weighted by Gasteiger charge is 2.34. The van der Waals surface area contributed by atoms with Gasteiger partial charge in [-0.05, 0) is 43.8 Å². The molecule has 0 radical (unpaired) electrons. The van der Waals surface area contributed by atoms with Crippen LogP contribution in [0.4, 0.5) is 5.69 Å². The second-order valence-corrected chi connectivity index (χ2v) is 11.3. The molecule has 2 heterocycles. The van der Waals surface area contributed by atoms with Gasteiger partial charge in [-0.3, -0.25) is 14.4 Å². The van der Waals surface area contributed by atoms with Gasteiger partial charge in [-0.15, -0.1) is 0 Å². The molecule has 2 N–H and O–H groups in total. The van der Waals surface area contributed by atoms with Gasteiger partial charge in [0.15, 0.2) is 17.2 Å². The number of nitrogens with one attached hydrogen (secondary N) is 1. The SMILES string of the molecule is C[C@@H]1CN([C@@H](C)CO)C(=O)c2cccc(NS(C)(=O)=O)c2O[C@@H]1CN(C)Cc1ccc2c(c1)OCO2. The van der Waals surface area contributed by atoms with Crippen molar-refractivity contribution in [1.82, 2.24) is 9.80 Å². The number of nitrogens with zero attached hydrogens (tertiary/aromatic N) is 2. The molecular weight excluding hydrogens is 486 g/mol. The number of amides is 1. The second kappa shape index (κ2) is 10.5. The summed E-state index contributed by atoms with van der Waals surface area (Å²) >= 11 is 0. The van der Waals surface area contributed by atoms with E-state index in [2.05, 4.69) is 9.62 Å². The molecule has 0 unspecified atom stereocenters. The standard InChI is InChI=1S/C25H33N3O7S/c1-16-11-28(17(2)14-29)25(30)19-6-5-7-20(26-36(4,31)32)24(19)35-23(16)13-27(3)12-18-8-9-21-22(10-18)34-15-33-21/h5-10,16-17,23,26,29H,11-15H2,1-4H3/t16-,17+,23-/m1/s1. The van der Waals surface area contributed by atoms with E-state index < -0.39 is 16.1 Å². The predicted molar refractivity (Wildman–Crippen MR) is 135 cm³/mol. The van der Waals surface area contributed by atoms with Crippen LogP contribution in [0.3, 0.4) is 0 Å². The van der Waals surface area contributed by atoms with Crippen molar-refractivity contribution >= 4 is 21.6 Å². The zero-order chi connectivity index (χ0) is 26.0. The molecule has 3 atom stereocenters. The highest BCUT2D eigenvalue weighted by molar-refractivity contribution is 7.92. The summed E-state index contributed by atoms with van der Waals surface area (Å²) in [5, 5.41) is 9.81. The Morgan fingerprint density at radius 2 is 1.97 bits per heavy atom. The second-order valence-electron chi connectivity index (χ2n) is 9.56. The van der Waals surface area contributed by atoms with Crippen LogP contribution in [0.1, 0.15) is 29.8 Å². The van der Waals surface area contributed by atoms with Gasteiger partial charge < -0.3 is 24.2 Å². The van der Waals surface area contributed by atoms with Crippen molar-refractivity contribution in [3.8, 4) is 17.2 Å². The molecule has 2 aliphatic rings. The zero-order valence-electron chi connectivity index (χ0n) is 20.9. The first-order valence-electron chi connectivity index (χ1n) is 11.8. The Balaban J connectivity index is 1.63. The van der Waals surface area contributed by atoms with Crippen LogP contribution in [-0.2, 0) is 16.6 Å². The zero-order valence-corrected chi connectivity index (χ0v) is 21.7. The van der Waals surface area contributed by atoms with E-state index in [1.165, 1.54) is 0 Å². The lowest BCUT2D eigenvalue weighted by atomic mass is 9.99. The lowest BCUT2D eigenvalue weighted by Crippen LogP contribution is -2.49. The number of carbonyl (C=O) groups excluding carboxylic acids is 1. The van der Waals surface area contributed by atoms with E-state index in [4.69, 9.17) is 14.2 Å². The maximum atomic E-state index is 13.4. The Bertz CT molecular complexity index is 1220. The number of rotatable bonds is 8. The van der Waals surface area contributed by atoms with Crippen LogP contribution in [0.5, 0.6) is 17.2 Å². The lowest BCUT2D eigenvalue weighted by molar-refractivity contribution is 0.0344. The van der Waals surface area contributed by atoms with Gasteiger partial charge in [0.05, 0.1) is 30.2 Å². The summed E-state index contributed by atoms with van der Waals surface area (Å²) in [5.41, 5.74) is 1.50. The fraction of sp³-hybridized carbons (Fsp3) is 0.480.